The Morgan fingerprint density at radius 1 is 1.67 bits per heavy atom. The van der Waals surface area contributed by atoms with E-state index in [0.717, 1.165) is 5.52 Å². The van der Waals surface area contributed by atoms with Gasteiger partial charge in [-0.2, -0.15) is 0 Å². The van der Waals surface area contributed by atoms with Gasteiger partial charge in [-0.3, -0.25) is 9.78 Å². The first-order valence-electron chi connectivity index (χ1n) is 4.42. The molecule has 6 heteroatoms. The quantitative estimate of drug-likeness (QED) is 0.748. The van der Waals surface area contributed by atoms with Crippen LogP contribution in [0.5, 0.6) is 0 Å². The van der Waals surface area contributed by atoms with Crippen LogP contribution in [0.25, 0.3) is 5.52 Å². The second-order valence-electron chi connectivity index (χ2n) is 3.20. The van der Waals surface area contributed by atoms with E-state index < -0.39 is 12.0 Å². The Kier molecular flexibility index (Phi) is 2.34. The molecule has 0 saturated carbocycles. The summed E-state index contributed by atoms with van der Waals surface area (Å²) in [5.74, 6) is -0.937. The number of hydrogen-bond donors (Lipinski definition) is 2. The lowest BCUT2D eigenvalue weighted by atomic mass is 10.1. The molecule has 78 valence electrons. The number of rotatable bonds is 3. The molecule has 3 N–H and O–H groups in total. The van der Waals surface area contributed by atoms with Gasteiger partial charge in [0.1, 0.15) is 0 Å². The number of aromatic nitrogens is 3. The van der Waals surface area contributed by atoms with Crippen molar-refractivity contribution in [2.45, 2.75) is 12.5 Å². The first-order valence-corrected chi connectivity index (χ1v) is 4.42. The molecule has 2 heterocycles. The molecule has 0 aromatic carbocycles. The van der Waals surface area contributed by atoms with Crippen LogP contribution >= 0.6 is 0 Å². The van der Waals surface area contributed by atoms with Crippen molar-refractivity contribution in [1.29, 1.82) is 0 Å². The van der Waals surface area contributed by atoms with Crippen LogP contribution in [-0.2, 0) is 4.79 Å². The minimum atomic E-state index is -0.937. The van der Waals surface area contributed by atoms with Crippen molar-refractivity contribution in [3.8, 4) is 0 Å². The first-order chi connectivity index (χ1) is 7.18. The largest absolute Gasteiger partial charge is 0.481 e. The highest BCUT2D eigenvalue weighted by molar-refractivity contribution is 5.68. The number of carboxylic acid groups (broad SMARTS) is 1. The third kappa shape index (κ3) is 1.79. The molecule has 2 rings (SSSR count). The molecule has 1 unspecified atom stereocenters. The molecule has 1 atom stereocenters. The van der Waals surface area contributed by atoms with E-state index in [4.69, 9.17) is 10.8 Å². The summed E-state index contributed by atoms with van der Waals surface area (Å²) in [6, 6.07) is -0.600. The van der Waals surface area contributed by atoms with Crippen molar-refractivity contribution in [3.05, 3.63) is 30.6 Å². The summed E-state index contributed by atoms with van der Waals surface area (Å²) in [5, 5.41) is 8.62. The van der Waals surface area contributed by atoms with Gasteiger partial charge in [-0.05, 0) is 0 Å². The minimum absolute atomic E-state index is 0.137. The molecule has 0 bridgehead atoms. The van der Waals surface area contributed by atoms with Gasteiger partial charge < -0.3 is 15.2 Å². The maximum absolute atomic E-state index is 10.5. The molecule has 0 radical (unpaired) electrons. The molecular formula is C9H10N4O2. The fraction of sp³-hybridized carbons (Fsp3) is 0.222. The smallest absolute Gasteiger partial charge is 0.305 e. The number of aliphatic carboxylic acids is 1. The average Bonchev–Trinajstić information content (AvgIpc) is 2.59. The molecule has 0 saturated heterocycles. The van der Waals surface area contributed by atoms with Crippen LogP contribution < -0.4 is 5.73 Å². The summed E-state index contributed by atoms with van der Waals surface area (Å²) in [6.07, 6.45) is 6.43. The first kappa shape index (κ1) is 9.60. The van der Waals surface area contributed by atoms with Gasteiger partial charge in [0.15, 0.2) is 0 Å². The highest BCUT2D eigenvalue weighted by atomic mass is 16.4. The zero-order chi connectivity index (χ0) is 10.8. The number of nitrogens with two attached hydrogens (primary N) is 1. The van der Waals surface area contributed by atoms with Crippen LogP contribution in [0.2, 0.25) is 0 Å². The number of fused-ring (bicyclic) bond motifs is 1. The predicted molar refractivity (Wildman–Crippen MR) is 52.2 cm³/mol. The molecule has 15 heavy (non-hydrogen) atoms. The van der Waals surface area contributed by atoms with E-state index in [0.29, 0.717) is 5.69 Å². The summed E-state index contributed by atoms with van der Waals surface area (Å²) < 4.78 is 1.75. The van der Waals surface area contributed by atoms with Crippen molar-refractivity contribution in [2.24, 2.45) is 5.73 Å². The van der Waals surface area contributed by atoms with E-state index in [9.17, 15) is 4.79 Å². The molecule has 0 aliphatic carbocycles. The van der Waals surface area contributed by atoms with Crippen molar-refractivity contribution in [1.82, 2.24) is 14.4 Å². The lowest BCUT2D eigenvalue weighted by molar-refractivity contribution is -0.137. The Morgan fingerprint density at radius 3 is 3.20 bits per heavy atom. The Hall–Kier alpha value is -1.95. The topological polar surface area (TPSA) is 93.5 Å². The maximum atomic E-state index is 10.5. The number of carboxylic acids is 1. The number of imidazole rings is 1. The highest BCUT2D eigenvalue weighted by Crippen LogP contribution is 2.17. The van der Waals surface area contributed by atoms with Crippen molar-refractivity contribution < 1.29 is 9.90 Å². The third-order valence-corrected chi connectivity index (χ3v) is 2.12. The Balaban J connectivity index is 2.39. The average molecular weight is 206 g/mol. The summed E-state index contributed by atoms with van der Waals surface area (Å²) in [6.45, 7) is 0. The number of carbonyl (C=O) groups is 1. The van der Waals surface area contributed by atoms with Gasteiger partial charge in [0.2, 0.25) is 0 Å². The standard InChI is InChI=1S/C9H10N4O2/c10-6(3-8(14)15)9-7-4-11-1-2-13(7)5-12-9/h1-2,4-6H,3,10H2,(H,14,15). The fourth-order valence-corrected chi connectivity index (χ4v) is 1.43. The number of hydrogen-bond acceptors (Lipinski definition) is 4. The van der Waals surface area contributed by atoms with E-state index in [-0.39, 0.29) is 6.42 Å². The number of nitrogens with zero attached hydrogens (tertiary/aromatic N) is 3. The Labute approximate surface area is 85.4 Å². The summed E-state index contributed by atoms with van der Waals surface area (Å²) in [4.78, 5) is 18.5. The molecule has 0 aliphatic rings. The van der Waals surface area contributed by atoms with Gasteiger partial charge in [-0.1, -0.05) is 0 Å². The van der Waals surface area contributed by atoms with Gasteiger partial charge in [0, 0.05) is 12.4 Å². The summed E-state index contributed by atoms with van der Waals surface area (Å²) >= 11 is 0. The molecular weight excluding hydrogens is 196 g/mol. The van der Waals surface area contributed by atoms with Crippen LogP contribution in [0, 0.1) is 0 Å². The lowest BCUT2D eigenvalue weighted by Gasteiger charge is -2.05. The van der Waals surface area contributed by atoms with Crippen molar-refractivity contribution >= 4 is 11.5 Å². The lowest BCUT2D eigenvalue weighted by Crippen LogP contribution is -2.15. The van der Waals surface area contributed by atoms with E-state index in [1.165, 1.54) is 0 Å². The van der Waals surface area contributed by atoms with Crippen LogP contribution in [0.15, 0.2) is 24.9 Å². The van der Waals surface area contributed by atoms with Crippen molar-refractivity contribution in [3.63, 3.8) is 0 Å². The van der Waals surface area contributed by atoms with Crippen LogP contribution in [-0.4, -0.2) is 25.4 Å². The zero-order valence-electron chi connectivity index (χ0n) is 7.87. The Morgan fingerprint density at radius 2 is 2.47 bits per heavy atom. The molecule has 0 fully saturated rings. The SMILES string of the molecule is NC(CC(=O)O)c1ncn2ccncc12. The predicted octanol–water partition coefficient (Wildman–Crippen LogP) is 0.204. The fourth-order valence-electron chi connectivity index (χ4n) is 1.43. The van der Waals surface area contributed by atoms with Crippen molar-refractivity contribution in [2.75, 3.05) is 0 Å². The monoisotopic (exact) mass is 206 g/mol. The minimum Gasteiger partial charge on any atom is -0.481 e. The molecule has 2 aromatic heterocycles. The van der Waals surface area contributed by atoms with Crippen LogP contribution in [0.1, 0.15) is 18.2 Å². The summed E-state index contributed by atoms with van der Waals surface area (Å²) in [5.41, 5.74) is 7.02. The van der Waals surface area contributed by atoms with E-state index >= 15 is 0 Å². The van der Waals surface area contributed by atoms with Gasteiger partial charge in [-0.15, -0.1) is 0 Å². The molecule has 0 aliphatic heterocycles. The van der Waals surface area contributed by atoms with Crippen LogP contribution in [0.3, 0.4) is 0 Å². The van der Waals surface area contributed by atoms with Gasteiger partial charge >= 0.3 is 5.97 Å². The third-order valence-electron chi connectivity index (χ3n) is 2.12. The van der Waals surface area contributed by atoms with Crippen LogP contribution in [0.4, 0.5) is 0 Å². The zero-order valence-corrected chi connectivity index (χ0v) is 7.87. The van der Waals surface area contributed by atoms with Gasteiger partial charge in [0.05, 0.1) is 36.2 Å². The van der Waals surface area contributed by atoms with E-state index in [1.54, 1.807) is 29.3 Å². The molecule has 0 spiro atoms. The molecule has 2 aromatic rings. The molecule has 0 amide bonds. The van der Waals surface area contributed by atoms with E-state index in [2.05, 4.69) is 9.97 Å². The normalized spacial score (nSPS) is 12.9. The Bertz CT molecular complexity index is 494. The molecule has 6 nitrogen and oxygen atoms in total. The highest BCUT2D eigenvalue weighted by Gasteiger charge is 2.15. The second kappa shape index (κ2) is 3.66. The van der Waals surface area contributed by atoms with E-state index in [1.807, 2.05) is 0 Å². The maximum Gasteiger partial charge on any atom is 0.305 e. The van der Waals surface area contributed by atoms with Gasteiger partial charge in [-0.25, -0.2) is 4.98 Å². The summed E-state index contributed by atoms with van der Waals surface area (Å²) in [7, 11) is 0. The van der Waals surface area contributed by atoms with Gasteiger partial charge in [0.25, 0.3) is 0 Å². The second-order valence-corrected chi connectivity index (χ2v) is 3.20.